The van der Waals surface area contributed by atoms with Crippen molar-refractivity contribution in [2.24, 2.45) is 24.1 Å². The molecule has 0 radical (unpaired) electrons. The number of aryl methyl sites for hydroxylation is 2. The fourth-order valence-electron chi connectivity index (χ4n) is 2.15. The minimum atomic E-state index is -0.918. The third kappa shape index (κ3) is 2.56. The standard InChI is InChI=1S/C13H23N3O2/c1-5-10-6-11(16(4)15-10)7-13(8-14,9(2)3)12(17)18/h6,9H,5,7-8,14H2,1-4H3,(H,17,18). The van der Waals surface area contributed by atoms with Gasteiger partial charge in [0.2, 0.25) is 0 Å². The van der Waals surface area contributed by atoms with Crippen LogP contribution in [0.5, 0.6) is 0 Å². The highest BCUT2D eigenvalue weighted by molar-refractivity contribution is 5.75. The lowest BCUT2D eigenvalue weighted by Gasteiger charge is -2.31. The molecular weight excluding hydrogens is 230 g/mol. The summed E-state index contributed by atoms with van der Waals surface area (Å²) in [6.45, 7) is 5.96. The second-order valence-electron chi connectivity index (χ2n) is 5.10. The van der Waals surface area contributed by atoms with Gasteiger partial charge in [0.25, 0.3) is 0 Å². The molecule has 1 unspecified atom stereocenters. The van der Waals surface area contributed by atoms with Gasteiger partial charge in [-0.2, -0.15) is 5.10 Å². The number of aliphatic carboxylic acids is 1. The summed E-state index contributed by atoms with van der Waals surface area (Å²) < 4.78 is 1.76. The number of hydrogen-bond donors (Lipinski definition) is 2. The first-order valence-electron chi connectivity index (χ1n) is 6.32. The molecule has 0 aliphatic heterocycles. The molecule has 0 aliphatic carbocycles. The van der Waals surface area contributed by atoms with Gasteiger partial charge < -0.3 is 10.8 Å². The summed E-state index contributed by atoms with van der Waals surface area (Å²) in [5, 5.41) is 13.8. The van der Waals surface area contributed by atoms with Crippen molar-refractivity contribution in [3.8, 4) is 0 Å². The van der Waals surface area contributed by atoms with Crippen LogP contribution in [0.3, 0.4) is 0 Å². The zero-order chi connectivity index (χ0) is 13.9. The van der Waals surface area contributed by atoms with Gasteiger partial charge in [0, 0.05) is 25.7 Å². The summed E-state index contributed by atoms with van der Waals surface area (Å²) in [4.78, 5) is 11.6. The molecule has 0 saturated carbocycles. The summed E-state index contributed by atoms with van der Waals surface area (Å²) >= 11 is 0. The number of nitrogens with two attached hydrogens (primary N) is 1. The normalized spacial score (nSPS) is 14.8. The van der Waals surface area contributed by atoms with E-state index in [9.17, 15) is 9.90 Å². The Balaban J connectivity index is 3.10. The SMILES string of the molecule is CCc1cc(CC(CN)(C(=O)O)C(C)C)n(C)n1. The van der Waals surface area contributed by atoms with E-state index in [0.717, 1.165) is 17.8 Å². The summed E-state index contributed by atoms with van der Waals surface area (Å²) in [5.74, 6) is -0.862. The maximum atomic E-state index is 11.6. The highest BCUT2D eigenvalue weighted by atomic mass is 16.4. The highest BCUT2D eigenvalue weighted by Crippen LogP contribution is 2.31. The van der Waals surface area contributed by atoms with E-state index in [4.69, 9.17) is 5.73 Å². The Hall–Kier alpha value is -1.36. The van der Waals surface area contributed by atoms with E-state index in [1.165, 1.54) is 0 Å². The quantitative estimate of drug-likeness (QED) is 0.798. The predicted molar refractivity (Wildman–Crippen MR) is 70.3 cm³/mol. The Morgan fingerprint density at radius 2 is 2.22 bits per heavy atom. The lowest BCUT2D eigenvalue weighted by atomic mass is 9.73. The molecular formula is C13H23N3O2. The van der Waals surface area contributed by atoms with E-state index >= 15 is 0 Å². The zero-order valence-electron chi connectivity index (χ0n) is 11.6. The Labute approximate surface area is 108 Å². The van der Waals surface area contributed by atoms with E-state index in [1.807, 2.05) is 33.9 Å². The number of hydrogen-bond acceptors (Lipinski definition) is 3. The van der Waals surface area contributed by atoms with Gasteiger partial charge in [0.1, 0.15) is 0 Å². The van der Waals surface area contributed by atoms with Crippen LogP contribution in [0.4, 0.5) is 0 Å². The summed E-state index contributed by atoms with van der Waals surface area (Å²) in [6, 6.07) is 1.97. The van der Waals surface area contributed by atoms with Gasteiger partial charge in [-0.25, -0.2) is 0 Å². The first-order chi connectivity index (χ1) is 8.37. The largest absolute Gasteiger partial charge is 0.481 e. The molecule has 0 bridgehead atoms. The van der Waals surface area contributed by atoms with Crippen molar-refractivity contribution in [2.45, 2.75) is 33.6 Å². The van der Waals surface area contributed by atoms with Crippen LogP contribution in [0.1, 0.15) is 32.2 Å². The van der Waals surface area contributed by atoms with E-state index in [0.29, 0.717) is 6.42 Å². The molecule has 1 rings (SSSR count). The monoisotopic (exact) mass is 253 g/mol. The Bertz CT molecular complexity index is 426. The minimum Gasteiger partial charge on any atom is -0.481 e. The second-order valence-corrected chi connectivity index (χ2v) is 5.10. The van der Waals surface area contributed by atoms with Crippen LogP contribution in [0.25, 0.3) is 0 Å². The molecule has 0 fully saturated rings. The molecule has 1 aromatic heterocycles. The number of rotatable bonds is 6. The van der Waals surface area contributed by atoms with Crippen molar-refractivity contribution in [1.82, 2.24) is 9.78 Å². The third-order valence-electron chi connectivity index (χ3n) is 3.78. The van der Waals surface area contributed by atoms with Gasteiger partial charge in [-0.1, -0.05) is 20.8 Å². The fraction of sp³-hybridized carbons (Fsp3) is 0.692. The molecule has 0 amide bonds. The van der Waals surface area contributed by atoms with Crippen LogP contribution in [0, 0.1) is 11.3 Å². The molecule has 0 spiro atoms. The minimum absolute atomic E-state index is 0.0278. The molecule has 1 atom stereocenters. The Kier molecular flexibility index (Phi) is 4.51. The molecule has 1 aromatic rings. The molecule has 102 valence electrons. The molecule has 5 heteroatoms. The van der Waals surface area contributed by atoms with Gasteiger partial charge in [-0.15, -0.1) is 0 Å². The first-order valence-corrected chi connectivity index (χ1v) is 6.32. The molecule has 0 aliphatic rings. The number of carbonyl (C=O) groups is 1. The van der Waals surface area contributed by atoms with Crippen molar-refractivity contribution in [2.75, 3.05) is 6.54 Å². The van der Waals surface area contributed by atoms with E-state index < -0.39 is 11.4 Å². The second kappa shape index (κ2) is 5.52. The molecule has 0 aromatic carbocycles. The van der Waals surface area contributed by atoms with Crippen molar-refractivity contribution in [3.05, 3.63) is 17.5 Å². The van der Waals surface area contributed by atoms with Gasteiger partial charge in [-0.3, -0.25) is 9.48 Å². The number of carboxylic acid groups (broad SMARTS) is 1. The fourth-order valence-corrected chi connectivity index (χ4v) is 2.15. The van der Waals surface area contributed by atoms with Gasteiger partial charge >= 0.3 is 5.97 Å². The average molecular weight is 253 g/mol. The van der Waals surface area contributed by atoms with Crippen molar-refractivity contribution in [1.29, 1.82) is 0 Å². The lowest BCUT2D eigenvalue weighted by molar-refractivity contribution is -0.151. The summed E-state index contributed by atoms with van der Waals surface area (Å²) in [6.07, 6.45) is 1.26. The van der Waals surface area contributed by atoms with Crippen LogP contribution in [0.15, 0.2) is 6.07 Å². The third-order valence-corrected chi connectivity index (χ3v) is 3.78. The molecule has 1 heterocycles. The average Bonchev–Trinajstić information content (AvgIpc) is 2.66. The van der Waals surface area contributed by atoms with Crippen molar-refractivity contribution < 1.29 is 9.90 Å². The van der Waals surface area contributed by atoms with Crippen LogP contribution in [0.2, 0.25) is 0 Å². The van der Waals surface area contributed by atoms with Crippen LogP contribution >= 0.6 is 0 Å². The van der Waals surface area contributed by atoms with Crippen LogP contribution in [-0.4, -0.2) is 27.4 Å². The lowest BCUT2D eigenvalue weighted by Crippen LogP contribution is -2.45. The highest BCUT2D eigenvalue weighted by Gasteiger charge is 2.41. The molecule has 0 saturated heterocycles. The number of nitrogens with zero attached hydrogens (tertiary/aromatic N) is 2. The van der Waals surface area contributed by atoms with Gasteiger partial charge in [0.05, 0.1) is 11.1 Å². The van der Waals surface area contributed by atoms with Crippen LogP contribution in [-0.2, 0) is 24.7 Å². The maximum absolute atomic E-state index is 11.6. The number of carboxylic acids is 1. The van der Waals surface area contributed by atoms with E-state index in [1.54, 1.807) is 4.68 Å². The predicted octanol–water partition coefficient (Wildman–Crippen LogP) is 1.21. The Morgan fingerprint density at radius 3 is 2.56 bits per heavy atom. The van der Waals surface area contributed by atoms with Gasteiger partial charge in [0.15, 0.2) is 0 Å². The van der Waals surface area contributed by atoms with Crippen molar-refractivity contribution in [3.63, 3.8) is 0 Å². The molecule has 3 N–H and O–H groups in total. The smallest absolute Gasteiger partial charge is 0.311 e. The van der Waals surface area contributed by atoms with Gasteiger partial charge in [-0.05, 0) is 18.4 Å². The first kappa shape index (κ1) is 14.7. The van der Waals surface area contributed by atoms with Crippen molar-refractivity contribution >= 4 is 5.97 Å². The van der Waals surface area contributed by atoms with E-state index in [2.05, 4.69) is 5.10 Å². The zero-order valence-corrected chi connectivity index (χ0v) is 11.6. The topological polar surface area (TPSA) is 81.1 Å². The summed E-state index contributed by atoms with van der Waals surface area (Å²) in [5.41, 5.74) is 6.72. The van der Waals surface area contributed by atoms with E-state index in [-0.39, 0.29) is 12.5 Å². The molecule has 5 nitrogen and oxygen atoms in total. The number of aromatic nitrogens is 2. The molecule has 18 heavy (non-hydrogen) atoms. The summed E-state index contributed by atoms with van der Waals surface area (Å²) in [7, 11) is 1.85. The van der Waals surface area contributed by atoms with Crippen LogP contribution < -0.4 is 5.73 Å². The maximum Gasteiger partial charge on any atom is 0.311 e. The Morgan fingerprint density at radius 1 is 1.61 bits per heavy atom.